The molecule has 0 rings (SSSR count). The van der Waals surface area contributed by atoms with Gasteiger partial charge in [-0.25, -0.2) is 0 Å². The van der Waals surface area contributed by atoms with E-state index in [4.69, 9.17) is 0 Å². The Morgan fingerprint density at radius 1 is 1.19 bits per heavy atom. The van der Waals surface area contributed by atoms with Crippen LogP contribution in [0.2, 0.25) is 0 Å². The van der Waals surface area contributed by atoms with Crippen molar-refractivity contribution >= 4 is 0 Å². The van der Waals surface area contributed by atoms with E-state index in [9.17, 15) is 18.3 Å². The third-order valence-corrected chi connectivity index (χ3v) is 2.22. The summed E-state index contributed by atoms with van der Waals surface area (Å²) in [7, 11) is 0. The molecular weight excluding hydrogens is 217 g/mol. The Kier molecular flexibility index (Phi) is 7.24. The first-order valence-corrected chi connectivity index (χ1v) is 5.66. The largest absolute Gasteiger partial charge is 0.404 e. The predicted octanol–water partition coefficient (Wildman–Crippen LogP) is 3.52. The minimum atomic E-state index is -4.44. The molecule has 0 aromatic heterocycles. The summed E-state index contributed by atoms with van der Waals surface area (Å²) < 4.78 is 37.7. The zero-order valence-electron chi connectivity index (χ0n) is 9.77. The Morgan fingerprint density at radius 3 is 2.25 bits per heavy atom. The van der Waals surface area contributed by atoms with Crippen LogP contribution in [0.15, 0.2) is 0 Å². The van der Waals surface area contributed by atoms with Gasteiger partial charge in [0.25, 0.3) is 0 Å². The summed E-state index contributed by atoms with van der Waals surface area (Å²) in [5, 5.41) is 9.45. The van der Waals surface area contributed by atoms with E-state index in [1.165, 1.54) is 0 Å². The van der Waals surface area contributed by atoms with Crippen molar-refractivity contribution in [3.05, 3.63) is 0 Å². The van der Waals surface area contributed by atoms with Gasteiger partial charge in [-0.2, -0.15) is 13.2 Å². The number of halogens is 3. The van der Waals surface area contributed by atoms with Crippen LogP contribution in [0.3, 0.4) is 0 Å². The molecule has 1 nitrogen and oxygen atoms in total. The van der Waals surface area contributed by atoms with Crippen molar-refractivity contribution < 1.29 is 18.3 Å². The van der Waals surface area contributed by atoms with Crippen molar-refractivity contribution in [2.75, 3.05) is 0 Å². The van der Waals surface area contributed by atoms with E-state index in [0.717, 1.165) is 12.8 Å². The maximum atomic E-state index is 12.6. The van der Waals surface area contributed by atoms with Crippen LogP contribution >= 0.6 is 0 Å². The molecule has 0 spiro atoms. The normalized spacial score (nSPS) is 15.1. The van der Waals surface area contributed by atoms with Crippen LogP contribution in [0.4, 0.5) is 13.2 Å². The minimum Gasteiger partial charge on any atom is -0.391 e. The van der Waals surface area contributed by atoms with Gasteiger partial charge in [0, 0.05) is 6.42 Å². The Hall–Kier alpha value is -0.690. The molecule has 0 amide bonds. The lowest BCUT2D eigenvalue weighted by molar-refractivity contribution is -0.182. The van der Waals surface area contributed by atoms with E-state index in [-0.39, 0.29) is 6.42 Å². The number of unbranched alkanes of at least 4 members (excludes halogenated alkanes) is 2. The molecule has 94 valence electrons. The fourth-order valence-corrected chi connectivity index (χ4v) is 1.28. The molecule has 0 aliphatic carbocycles. The van der Waals surface area contributed by atoms with E-state index in [1.807, 2.05) is 13.8 Å². The molecule has 4 heteroatoms. The van der Waals surface area contributed by atoms with Gasteiger partial charge in [-0.1, -0.05) is 32.6 Å². The van der Waals surface area contributed by atoms with Crippen LogP contribution in [0.1, 0.15) is 46.0 Å². The predicted molar refractivity (Wildman–Crippen MR) is 57.8 cm³/mol. The van der Waals surface area contributed by atoms with Crippen molar-refractivity contribution in [3.63, 3.8) is 0 Å². The summed E-state index contributed by atoms with van der Waals surface area (Å²) in [5.74, 6) is 2.72. The summed E-state index contributed by atoms with van der Waals surface area (Å²) in [6.45, 7) is 3.73. The molecule has 0 heterocycles. The fourth-order valence-electron chi connectivity index (χ4n) is 1.28. The van der Waals surface area contributed by atoms with Crippen molar-refractivity contribution in [2.45, 2.75) is 58.2 Å². The lowest BCUT2D eigenvalue weighted by atomic mass is 9.97. The first kappa shape index (κ1) is 15.3. The van der Waals surface area contributed by atoms with Crippen LogP contribution in [-0.4, -0.2) is 17.4 Å². The van der Waals surface area contributed by atoms with Crippen molar-refractivity contribution in [3.8, 4) is 11.8 Å². The molecule has 0 aliphatic heterocycles. The van der Waals surface area contributed by atoms with E-state index < -0.39 is 18.2 Å². The average Bonchev–Trinajstić information content (AvgIpc) is 2.19. The molecule has 0 saturated carbocycles. The molecule has 2 unspecified atom stereocenters. The second-order valence-corrected chi connectivity index (χ2v) is 3.80. The maximum Gasteiger partial charge on any atom is 0.404 e. The highest BCUT2D eigenvalue weighted by atomic mass is 19.4. The van der Waals surface area contributed by atoms with Crippen LogP contribution in [0.5, 0.6) is 0 Å². The summed E-state index contributed by atoms with van der Waals surface area (Å²) in [5.41, 5.74) is 0. The monoisotopic (exact) mass is 236 g/mol. The van der Waals surface area contributed by atoms with Crippen LogP contribution < -0.4 is 0 Å². The van der Waals surface area contributed by atoms with Gasteiger partial charge in [0.2, 0.25) is 0 Å². The molecule has 0 saturated heterocycles. The molecular formula is C12H19F3O. The first-order chi connectivity index (χ1) is 7.43. The Bertz CT molecular complexity index is 237. The van der Waals surface area contributed by atoms with Gasteiger partial charge >= 0.3 is 6.18 Å². The SMILES string of the molecule is CCCC#CC(C(O)CCCC)C(F)(F)F. The Labute approximate surface area is 95.0 Å². The van der Waals surface area contributed by atoms with Gasteiger partial charge in [0.05, 0.1) is 6.10 Å². The first-order valence-electron chi connectivity index (χ1n) is 5.66. The van der Waals surface area contributed by atoms with E-state index in [2.05, 4.69) is 11.8 Å². The molecule has 2 atom stereocenters. The zero-order chi connectivity index (χ0) is 12.6. The minimum absolute atomic E-state index is 0.154. The molecule has 0 aromatic carbocycles. The third-order valence-electron chi connectivity index (χ3n) is 2.22. The number of rotatable bonds is 5. The third kappa shape index (κ3) is 6.02. The number of hydrogen-bond acceptors (Lipinski definition) is 1. The van der Waals surface area contributed by atoms with Crippen molar-refractivity contribution in [1.29, 1.82) is 0 Å². The number of hydrogen-bond donors (Lipinski definition) is 1. The van der Waals surface area contributed by atoms with Gasteiger partial charge in [-0.05, 0) is 12.8 Å². The number of aliphatic hydroxyl groups is 1. The average molecular weight is 236 g/mol. The highest BCUT2D eigenvalue weighted by Crippen LogP contribution is 2.30. The summed E-state index contributed by atoms with van der Waals surface area (Å²) >= 11 is 0. The summed E-state index contributed by atoms with van der Waals surface area (Å²) in [6.07, 6.45) is -3.16. The van der Waals surface area contributed by atoms with E-state index in [1.54, 1.807) is 0 Å². The van der Waals surface area contributed by atoms with E-state index >= 15 is 0 Å². The van der Waals surface area contributed by atoms with Crippen molar-refractivity contribution in [2.24, 2.45) is 5.92 Å². The van der Waals surface area contributed by atoms with Crippen molar-refractivity contribution in [1.82, 2.24) is 0 Å². The highest BCUT2D eigenvalue weighted by Gasteiger charge is 2.42. The Morgan fingerprint density at radius 2 is 1.81 bits per heavy atom. The smallest absolute Gasteiger partial charge is 0.391 e. The lowest BCUT2D eigenvalue weighted by Gasteiger charge is -2.20. The zero-order valence-corrected chi connectivity index (χ0v) is 9.77. The Balaban J connectivity index is 4.50. The molecule has 16 heavy (non-hydrogen) atoms. The van der Waals surface area contributed by atoms with Crippen LogP contribution in [0.25, 0.3) is 0 Å². The van der Waals surface area contributed by atoms with Gasteiger partial charge in [0.15, 0.2) is 0 Å². The molecule has 0 radical (unpaired) electrons. The highest BCUT2D eigenvalue weighted by molar-refractivity contribution is 5.08. The molecule has 0 aliphatic rings. The maximum absolute atomic E-state index is 12.6. The summed E-state index contributed by atoms with van der Waals surface area (Å²) in [6, 6.07) is 0. The standard InChI is InChI=1S/C12H19F3O/c1-3-5-7-8-10(12(13,14)15)11(16)9-6-4-2/h10-11,16H,3-6,9H2,1-2H3. The van der Waals surface area contributed by atoms with Gasteiger partial charge < -0.3 is 5.11 Å². The topological polar surface area (TPSA) is 20.2 Å². The van der Waals surface area contributed by atoms with Gasteiger partial charge in [0.1, 0.15) is 5.92 Å². The van der Waals surface area contributed by atoms with Crippen LogP contribution in [0, 0.1) is 17.8 Å². The van der Waals surface area contributed by atoms with Gasteiger partial charge in [-0.15, -0.1) is 5.92 Å². The molecule has 1 N–H and O–H groups in total. The fraction of sp³-hybridized carbons (Fsp3) is 0.833. The number of alkyl halides is 3. The second kappa shape index (κ2) is 7.56. The lowest BCUT2D eigenvalue weighted by Crippen LogP contribution is -2.33. The van der Waals surface area contributed by atoms with Crippen LogP contribution in [-0.2, 0) is 0 Å². The summed E-state index contributed by atoms with van der Waals surface area (Å²) in [4.78, 5) is 0. The quantitative estimate of drug-likeness (QED) is 0.724. The van der Waals surface area contributed by atoms with Gasteiger partial charge in [-0.3, -0.25) is 0 Å². The number of aliphatic hydroxyl groups excluding tert-OH is 1. The van der Waals surface area contributed by atoms with E-state index in [0.29, 0.717) is 12.8 Å². The molecule has 0 bridgehead atoms. The molecule has 0 aromatic rings. The second-order valence-electron chi connectivity index (χ2n) is 3.80. The molecule has 0 fully saturated rings.